The van der Waals surface area contributed by atoms with E-state index in [1.54, 1.807) is 18.2 Å². The summed E-state index contributed by atoms with van der Waals surface area (Å²) in [6.07, 6.45) is 0. The highest BCUT2D eigenvalue weighted by molar-refractivity contribution is 6.35. The maximum absolute atomic E-state index is 6.10. The molecule has 0 spiro atoms. The lowest BCUT2D eigenvalue weighted by atomic mass is 10.3. The Morgan fingerprint density at radius 1 is 0.750 bits per heavy atom. The summed E-state index contributed by atoms with van der Waals surface area (Å²) in [4.78, 5) is 18.1. The number of hydrogen-bond acceptors (Lipinski definition) is 8. The fourth-order valence-electron chi connectivity index (χ4n) is 2.97. The van der Waals surface area contributed by atoms with Gasteiger partial charge in [-0.1, -0.05) is 23.2 Å². The quantitative estimate of drug-likeness (QED) is 0.766. The van der Waals surface area contributed by atoms with Crippen molar-refractivity contribution in [3.8, 4) is 0 Å². The first-order valence-corrected chi connectivity index (χ1v) is 9.57. The topological polar surface area (TPSA) is 75.6 Å². The Bertz CT molecular complexity index is 744. The third-order valence-corrected chi connectivity index (χ3v) is 4.75. The Balaban J connectivity index is 0.00000225. The van der Waals surface area contributed by atoms with Crippen LogP contribution in [0.4, 0.5) is 23.5 Å². The number of nitrogens with zero attached hydrogens (tertiary/aromatic N) is 5. The smallest absolute Gasteiger partial charge is 0.233 e. The van der Waals surface area contributed by atoms with Gasteiger partial charge in [0.2, 0.25) is 17.8 Å². The molecule has 4 rings (SSSR count). The van der Waals surface area contributed by atoms with Gasteiger partial charge in [0.15, 0.2) is 0 Å². The molecule has 2 aromatic rings. The molecule has 0 radical (unpaired) electrons. The third kappa shape index (κ3) is 5.27. The molecule has 28 heavy (non-hydrogen) atoms. The van der Waals surface area contributed by atoms with Gasteiger partial charge in [0.25, 0.3) is 0 Å². The van der Waals surface area contributed by atoms with Crippen LogP contribution in [0.25, 0.3) is 0 Å². The van der Waals surface area contributed by atoms with Crippen LogP contribution in [0.1, 0.15) is 0 Å². The molecular weight excluding hydrogens is 427 g/mol. The van der Waals surface area contributed by atoms with Crippen LogP contribution in [-0.2, 0) is 9.47 Å². The number of anilines is 4. The Morgan fingerprint density at radius 2 is 1.21 bits per heavy atom. The summed E-state index contributed by atoms with van der Waals surface area (Å²) in [6.45, 7) is 5.61. The van der Waals surface area contributed by atoms with Gasteiger partial charge in [-0.3, -0.25) is 0 Å². The lowest BCUT2D eigenvalue weighted by molar-refractivity contribution is 0.121. The van der Waals surface area contributed by atoms with Crippen molar-refractivity contribution in [2.24, 2.45) is 0 Å². The molecule has 0 aliphatic carbocycles. The zero-order valence-corrected chi connectivity index (χ0v) is 17.4. The normalized spacial score (nSPS) is 17.2. The first kappa shape index (κ1) is 21.1. The summed E-state index contributed by atoms with van der Waals surface area (Å²) in [7, 11) is 0. The van der Waals surface area contributed by atoms with Crippen LogP contribution < -0.4 is 15.1 Å². The summed E-state index contributed by atoms with van der Waals surface area (Å²) in [5.74, 6) is 1.71. The fourth-order valence-corrected chi connectivity index (χ4v) is 3.50. The van der Waals surface area contributed by atoms with Gasteiger partial charge < -0.3 is 24.6 Å². The zero-order chi connectivity index (χ0) is 18.6. The van der Waals surface area contributed by atoms with Gasteiger partial charge in [-0.2, -0.15) is 15.0 Å². The maximum atomic E-state index is 6.10. The van der Waals surface area contributed by atoms with Crippen LogP contribution >= 0.6 is 35.6 Å². The molecule has 11 heteroatoms. The lowest BCUT2D eigenvalue weighted by Crippen LogP contribution is -2.40. The molecule has 3 heterocycles. The lowest BCUT2D eigenvalue weighted by Gasteiger charge is -2.30. The van der Waals surface area contributed by atoms with Gasteiger partial charge in [0.05, 0.1) is 26.4 Å². The van der Waals surface area contributed by atoms with Gasteiger partial charge >= 0.3 is 0 Å². The van der Waals surface area contributed by atoms with Gasteiger partial charge in [-0.15, -0.1) is 12.4 Å². The standard InChI is InChI=1S/C17H20Cl2N6O2.ClH/c18-12-9-13(19)11-14(10-12)20-15-21-16(24-1-5-26-6-2-24)23-17(22-15)25-3-7-27-8-4-25;/h9-11H,1-8H2,(H,20,21,22,23);1H. The van der Waals surface area contributed by atoms with E-state index in [1.165, 1.54) is 0 Å². The molecule has 2 aliphatic rings. The van der Waals surface area contributed by atoms with Crippen molar-refractivity contribution < 1.29 is 9.47 Å². The highest BCUT2D eigenvalue weighted by Crippen LogP contribution is 2.26. The predicted molar refractivity (Wildman–Crippen MR) is 113 cm³/mol. The monoisotopic (exact) mass is 446 g/mol. The largest absolute Gasteiger partial charge is 0.378 e. The van der Waals surface area contributed by atoms with Crippen LogP contribution in [0.15, 0.2) is 18.2 Å². The molecule has 1 aromatic carbocycles. The van der Waals surface area contributed by atoms with E-state index >= 15 is 0 Å². The third-order valence-electron chi connectivity index (χ3n) is 4.32. The summed E-state index contributed by atoms with van der Waals surface area (Å²) in [6, 6.07) is 5.24. The van der Waals surface area contributed by atoms with E-state index in [2.05, 4.69) is 30.1 Å². The highest BCUT2D eigenvalue weighted by Gasteiger charge is 2.20. The highest BCUT2D eigenvalue weighted by atomic mass is 35.5. The van der Waals surface area contributed by atoms with E-state index in [0.29, 0.717) is 54.3 Å². The van der Waals surface area contributed by atoms with Crippen LogP contribution in [0, 0.1) is 0 Å². The summed E-state index contributed by atoms with van der Waals surface area (Å²) in [5.41, 5.74) is 0.722. The van der Waals surface area contributed by atoms with Crippen molar-refractivity contribution >= 4 is 59.1 Å². The number of aromatic nitrogens is 3. The summed E-state index contributed by atoms with van der Waals surface area (Å²) >= 11 is 12.2. The number of morpholine rings is 2. The predicted octanol–water partition coefficient (Wildman–Crippen LogP) is 3.02. The van der Waals surface area contributed by atoms with Crippen LogP contribution in [0.3, 0.4) is 0 Å². The molecule has 0 saturated carbocycles. The average molecular weight is 448 g/mol. The van der Waals surface area contributed by atoms with Gasteiger partial charge in [-0.25, -0.2) is 0 Å². The van der Waals surface area contributed by atoms with Crippen LogP contribution in [-0.4, -0.2) is 67.6 Å². The fraction of sp³-hybridized carbons (Fsp3) is 0.471. The van der Waals surface area contributed by atoms with Crippen molar-refractivity contribution in [2.45, 2.75) is 0 Å². The van der Waals surface area contributed by atoms with Gasteiger partial charge in [-0.05, 0) is 18.2 Å². The molecule has 2 aliphatic heterocycles. The maximum Gasteiger partial charge on any atom is 0.233 e. The molecule has 2 saturated heterocycles. The van der Waals surface area contributed by atoms with E-state index in [9.17, 15) is 0 Å². The SMILES string of the molecule is Cl.Clc1cc(Cl)cc(Nc2nc(N3CCOCC3)nc(N3CCOCC3)n2)c1. The van der Waals surface area contributed by atoms with E-state index in [0.717, 1.165) is 31.9 Å². The average Bonchev–Trinajstić information content (AvgIpc) is 2.68. The second-order valence-corrected chi connectivity index (χ2v) is 7.11. The van der Waals surface area contributed by atoms with E-state index in [-0.39, 0.29) is 12.4 Å². The Hall–Kier alpha value is -1.58. The molecule has 8 nitrogen and oxygen atoms in total. The molecule has 1 aromatic heterocycles. The molecule has 0 unspecified atom stereocenters. The van der Waals surface area contributed by atoms with Gasteiger partial charge in [0, 0.05) is 41.9 Å². The molecule has 152 valence electrons. The molecule has 0 amide bonds. The number of benzene rings is 1. The van der Waals surface area contributed by atoms with Gasteiger partial charge in [0.1, 0.15) is 0 Å². The Kier molecular flexibility index (Phi) is 7.36. The van der Waals surface area contributed by atoms with E-state index in [1.807, 2.05) is 0 Å². The molecule has 2 fully saturated rings. The number of rotatable bonds is 4. The number of ether oxygens (including phenoxy) is 2. The minimum Gasteiger partial charge on any atom is -0.378 e. The molecular formula is C17H21Cl3N6O2. The Labute approximate surface area is 179 Å². The van der Waals surface area contributed by atoms with Crippen molar-refractivity contribution in [1.82, 2.24) is 15.0 Å². The molecule has 1 N–H and O–H groups in total. The van der Waals surface area contributed by atoms with Crippen molar-refractivity contribution in [3.63, 3.8) is 0 Å². The number of hydrogen-bond donors (Lipinski definition) is 1. The van der Waals surface area contributed by atoms with E-state index < -0.39 is 0 Å². The van der Waals surface area contributed by atoms with E-state index in [4.69, 9.17) is 32.7 Å². The minimum absolute atomic E-state index is 0. The van der Waals surface area contributed by atoms with Crippen molar-refractivity contribution in [3.05, 3.63) is 28.2 Å². The zero-order valence-electron chi connectivity index (χ0n) is 15.1. The minimum atomic E-state index is 0. The van der Waals surface area contributed by atoms with Crippen LogP contribution in [0.5, 0.6) is 0 Å². The second kappa shape index (κ2) is 9.76. The molecule has 0 atom stereocenters. The first-order chi connectivity index (χ1) is 13.2. The second-order valence-electron chi connectivity index (χ2n) is 6.24. The Morgan fingerprint density at radius 3 is 1.68 bits per heavy atom. The first-order valence-electron chi connectivity index (χ1n) is 8.82. The van der Waals surface area contributed by atoms with Crippen molar-refractivity contribution in [2.75, 3.05) is 67.7 Å². The number of nitrogens with one attached hydrogen (secondary N) is 1. The number of halogens is 3. The summed E-state index contributed by atoms with van der Waals surface area (Å²) in [5, 5.41) is 4.28. The summed E-state index contributed by atoms with van der Waals surface area (Å²) < 4.78 is 10.9. The van der Waals surface area contributed by atoms with Crippen molar-refractivity contribution in [1.29, 1.82) is 0 Å². The van der Waals surface area contributed by atoms with Crippen LogP contribution in [0.2, 0.25) is 10.0 Å². The molecule has 0 bridgehead atoms.